The van der Waals surface area contributed by atoms with E-state index in [1.807, 2.05) is 11.0 Å². The maximum Gasteiger partial charge on any atom is 0.425 e. The van der Waals surface area contributed by atoms with Gasteiger partial charge in [-0.25, -0.2) is 8.42 Å². The molecule has 0 aromatic heterocycles. The Balaban J connectivity index is 0.000000231. The molecule has 272 valence electrons. The summed E-state index contributed by atoms with van der Waals surface area (Å²) in [5.41, 5.74) is 5.27. The van der Waals surface area contributed by atoms with Crippen molar-refractivity contribution < 1.29 is 40.7 Å². The van der Waals surface area contributed by atoms with Gasteiger partial charge in [-0.3, -0.25) is 14.4 Å². The van der Waals surface area contributed by atoms with Gasteiger partial charge in [-0.05, 0) is 97.3 Å². The number of carbonyl (C=O) groups excluding carboxylic acids is 3. The number of sulfone groups is 1. The van der Waals surface area contributed by atoms with Crippen LogP contribution >= 0.6 is 0 Å². The molecule has 51 heavy (non-hydrogen) atoms. The number of alkyl halides is 3. The summed E-state index contributed by atoms with van der Waals surface area (Å²) in [4.78, 5) is 43.2. The van der Waals surface area contributed by atoms with E-state index in [0.29, 0.717) is 18.7 Å². The number of halogens is 3. The SMILES string of the molecule is C[C@H](Oc1ccc(S(C)(=O)=O)cc1C(=O)N1Cc2ccc(C(=O)N3CCCC3)cc2C1)C(F)(F)F.O=C(c1ccc2c(c1)CNC2)N1CCCC1. The minimum atomic E-state index is -4.67. The highest BCUT2D eigenvalue weighted by molar-refractivity contribution is 7.90. The molecule has 4 heterocycles. The lowest BCUT2D eigenvalue weighted by Gasteiger charge is -2.22. The number of fused-ring (bicyclic) bond motifs is 2. The van der Waals surface area contributed by atoms with Crippen molar-refractivity contribution in [1.29, 1.82) is 0 Å². The van der Waals surface area contributed by atoms with E-state index in [1.54, 1.807) is 23.1 Å². The summed E-state index contributed by atoms with van der Waals surface area (Å²) in [5, 5.41) is 3.30. The Morgan fingerprint density at radius 3 is 1.80 bits per heavy atom. The molecule has 7 rings (SSSR count). The van der Waals surface area contributed by atoms with Crippen molar-refractivity contribution in [3.05, 3.63) is 93.5 Å². The van der Waals surface area contributed by atoms with Crippen molar-refractivity contribution >= 4 is 27.6 Å². The van der Waals surface area contributed by atoms with E-state index in [1.165, 1.54) is 16.0 Å². The van der Waals surface area contributed by atoms with Crippen LogP contribution in [0.25, 0.3) is 0 Å². The van der Waals surface area contributed by atoms with E-state index in [4.69, 9.17) is 4.74 Å². The van der Waals surface area contributed by atoms with Crippen LogP contribution in [0.1, 0.15) is 85.9 Å². The van der Waals surface area contributed by atoms with Crippen LogP contribution in [0.2, 0.25) is 0 Å². The average Bonchev–Trinajstić information content (AvgIpc) is 3.93. The number of rotatable bonds is 6. The first-order valence-corrected chi connectivity index (χ1v) is 19.0. The molecule has 3 amide bonds. The number of amides is 3. The number of hydrogen-bond donors (Lipinski definition) is 1. The normalized spacial score (nSPS) is 17.5. The molecule has 0 radical (unpaired) electrons. The van der Waals surface area contributed by atoms with Gasteiger partial charge in [0.2, 0.25) is 0 Å². The lowest BCUT2D eigenvalue weighted by atomic mass is 10.1. The van der Waals surface area contributed by atoms with Crippen molar-refractivity contribution in [3.8, 4) is 5.75 Å². The first kappa shape index (κ1) is 36.4. The van der Waals surface area contributed by atoms with Crippen molar-refractivity contribution in [3.63, 3.8) is 0 Å². The fraction of sp³-hybridized carbons (Fsp3) is 0.432. The van der Waals surface area contributed by atoms with E-state index in [0.717, 1.165) is 99.9 Å². The number of nitrogens with one attached hydrogen (secondary N) is 1. The zero-order valence-corrected chi connectivity index (χ0v) is 29.4. The molecule has 0 saturated carbocycles. The van der Waals surface area contributed by atoms with E-state index in [2.05, 4.69) is 17.4 Å². The van der Waals surface area contributed by atoms with Gasteiger partial charge in [-0.1, -0.05) is 12.1 Å². The monoisotopic (exact) mass is 726 g/mol. The maximum absolute atomic E-state index is 13.4. The van der Waals surface area contributed by atoms with Crippen LogP contribution in [0.4, 0.5) is 13.2 Å². The van der Waals surface area contributed by atoms with Gasteiger partial charge in [0.1, 0.15) is 5.75 Å². The van der Waals surface area contributed by atoms with Crippen LogP contribution < -0.4 is 10.1 Å². The molecule has 0 spiro atoms. The fourth-order valence-electron chi connectivity index (χ4n) is 6.74. The Morgan fingerprint density at radius 2 is 1.24 bits per heavy atom. The van der Waals surface area contributed by atoms with Crippen LogP contribution in [0.3, 0.4) is 0 Å². The molecule has 10 nitrogen and oxygen atoms in total. The molecular formula is C37H41F3N4O6S. The van der Waals surface area contributed by atoms with E-state index < -0.39 is 28.0 Å². The molecule has 3 aromatic rings. The van der Waals surface area contributed by atoms with Crippen LogP contribution in [0.15, 0.2) is 59.5 Å². The number of likely N-dealkylation sites (tertiary alicyclic amines) is 2. The van der Waals surface area contributed by atoms with Crippen molar-refractivity contribution in [2.24, 2.45) is 0 Å². The van der Waals surface area contributed by atoms with Gasteiger partial charge in [0.05, 0.1) is 10.5 Å². The van der Waals surface area contributed by atoms with Crippen LogP contribution in [0, 0.1) is 0 Å². The second kappa shape index (κ2) is 14.7. The number of ether oxygens (including phenoxy) is 1. The lowest BCUT2D eigenvalue weighted by Crippen LogP contribution is -2.32. The van der Waals surface area contributed by atoms with Gasteiger partial charge in [-0.15, -0.1) is 0 Å². The molecule has 2 saturated heterocycles. The lowest BCUT2D eigenvalue weighted by molar-refractivity contribution is -0.189. The predicted octanol–water partition coefficient (Wildman–Crippen LogP) is 5.34. The summed E-state index contributed by atoms with van der Waals surface area (Å²) >= 11 is 0. The topological polar surface area (TPSA) is 116 Å². The van der Waals surface area contributed by atoms with E-state index in [9.17, 15) is 36.0 Å². The van der Waals surface area contributed by atoms with Gasteiger partial charge in [0, 0.05) is 69.7 Å². The highest BCUT2D eigenvalue weighted by Gasteiger charge is 2.39. The number of hydrogen-bond acceptors (Lipinski definition) is 7. The third-order valence-electron chi connectivity index (χ3n) is 9.71. The summed E-state index contributed by atoms with van der Waals surface area (Å²) in [6.45, 7) is 6.21. The fourth-order valence-corrected chi connectivity index (χ4v) is 7.39. The maximum atomic E-state index is 13.4. The van der Waals surface area contributed by atoms with E-state index in [-0.39, 0.29) is 41.1 Å². The molecule has 4 aliphatic heterocycles. The van der Waals surface area contributed by atoms with Gasteiger partial charge in [-0.2, -0.15) is 13.2 Å². The first-order chi connectivity index (χ1) is 24.2. The quantitative estimate of drug-likeness (QED) is 0.365. The summed E-state index contributed by atoms with van der Waals surface area (Å²) in [7, 11) is -3.72. The molecular weight excluding hydrogens is 685 g/mol. The zero-order valence-electron chi connectivity index (χ0n) is 28.6. The number of carbonyl (C=O) groups is 3. The second-order valence-corrected chi connectivity index (χ2v) is 15.5. The van der Waals surface area contributed by atoms with Crippen molar-refractivity contribution in [1.82, 2.24) is 20.0 Å². The van der Waals surface area contributed by atoms with Gasteiger partial charge < -0.3 is 24.8 Å². The summed E-state index contributed by atoms with van der Waals surface area (Å²) in [5.74, 6) is -0.892. The molecule has 4 aliphatic rings. The van der Waals surface area contributed by atoms with Gasteiger partial charge in [0.15, 0.2) is 15.9 Å². The zero-order chi connectivity index (χ0) is 36.5. The molecule has 3 aromatic carbocycles. The third kappa shape index (κ3) is 8.22. The minimum Gasteiger partial charge on any atom is -0.480 e. The Labute approximate surface area is 295 Å². The van der Waals surface area contributed by atoms with Gasteiger partial charge >= 0.3 is 6.18 Å². The Bertz CT molecular complexity index is 1940. The molecule has 2 fully saturated rings. The Kier molecular flexibility index (Phi) is 10.5. The predicted molar refractivity (Wildman–Crippen MR) is 183 cm³/mol. The average molecular weight is 727 g/mol. The Morgan fingerprint density at radius 1 is 0.706 bits per heavy atom. The molecule has 1 N–H and O–H groups in total. The molecule has 0 aliphatic carbocycles. The number of nitrogens with zero attached hydrogens (tertiary/aromatic N) is 3. The van der Waals surface area contributed by atoms with E-state index >= 15 is 0 Å². The van der Waals surface area contributed by atoms with Crippen LogP contribution in [0.5, 0.6) is 5.75 Å². The molecule has 0 unspecified atom stereocenters. The highest BCUT2D eigenvalue weighted by atomic mass is 32.2. The highest BCUT2D eigenvalue weighted by Crippen LogP contribution is 2.33. The van der Waals surface area contributed by atoms with Crippen LogP contribution in [-0.4, -0.2) is 85.6 Å². The number of benzene rings is 3. The summed E-state index contributed by atoms with van der Waals surface area (Å²) < 4.78 is 68.3. The summed E-state index contributed by atoms with van der Waals surface area (Å²) in [6, 6.07) is 14.5. The largest absolute Gasteiger partial charge is 0.480 e. The van der Waals surface area contributed by atoms with Crippen molar-refractivity contribution in [2.75, 3.05) is 32.4 Å². The molecule has 0 bridgehead atoms. The minimum absolute atomic E-state index is 0.0762. The standard InChI is InChI=1S/C24H25F3N2O5S.C13H16N2O/c1-15(24(25,26)27)34-21-8-7-19(35(2,32)33)12-20(21)23(31)29-13-17-6-5-16(11-18(17)14-29)22(30)28-9-3-4-10-28;16-13(15-5-1-2-6-15)10-3-4-11-8-14-9-12(11)7-10/h5-8,11-12,15H,3-4,9-10,13-14H2,1-2H3;3-4,7,14H,1-2,5-6,8-9H2/t15-;/m0./s1. The van der Waals surface area contributed by atoms with Gasteiger partial charge in [0.25, 0.3) is 17.7 Å². The van der Waals surface area contributed by atoms with Crippen LogP contribution in [-0.2, 0) is 36.0 Å². The third-order valence-corrected chi connectivity index (χ3v) is 10.8. The Hall–Kier alpha value is -4.43. The smallest absolute Gasteiger partial charge is 0.425 e. The molecule has 1 atom stereocenters. The summed E-state index contributed by atoms with van der Waals surface area (Å²) in [6.07, 6.45) is -1.70. The molecule has 14 heteroatoms. The second-order valence-electron chi connectivity index (χ2n) is 13.5. The van der Waals surface area contributed by atoms with Crippen molar-refractivity contribution in [2.45, 2.75) is 76.0 Å². The first-order valence-electron chi connectivity index (χ1n) is 17.1.